The molecule has 0 fully saturated rings. The molecule has 1 heterocycles. The van der Waals surface area contributed by atoms with Gasteiger partial charge in [0, 0.05) is 13.3 Å². The summed E-state index contributed by atoms with van der Waals surface area (Å²) in [5, 5.41) is 10.5. The van der Waals surface area contributed by atoms with E-state index in [9.17, 15) is 28.1 Å². The maximum atomic E-state index is 14.9. The third-order valence-electron chi connectivity index (χ3n) is 3.57. The van der Waals surface area contributed by atoms with Gasteiger partial charge in [0.1, 0.15) is 23.4 Å². The van der Waals surface area contributed by atoms with E-state index in [1.807, 2.05) is 0 Å². The zero-order valence-corrected chi connectivity index (χ0v) is 18.2. The highest BCUT2D eigenvalue weighted by Gasteiger charge is 2.46. The summed E-state index contributed by atoms with van der Waals surface area (Å²) in [6.45, 7) is 5.70. The number of hydrogen-bond donors (Lipinski definition) is 5. The number of aliphatic hydroxyl groups is 1. The van der Waals surface area contributed by atoms with Gasteiger partial charge in [-0.2, -0.15) is 4.31 Å². The number of nitrogens with zero attached hydrogens (tertiary/aromatic N) is 2. The van der Waals surface area contributed by atoms with Gasteiger partial charge in [0.15, 0.2) is 0 Å². The molecule has 0 saturated carbocycles. The van der Waals surface area contributed by atoms with Crippen molar-refractivity contribution >= 4 is 29.7 Å². The molecule has 6 atom stereocenters. The first-order chi connectivity index (χ1) is 13.7. The number of ether oxygens (including phenoxy) is 1. The van der Waals surface area contributed by atoms with Gasteiger partial charge < -0.3 is 35.2 Å². The van der Waals surface area contributed by atoms with Crippen LogP contribution in [-0.2, 0) is 31.6 Å². The van der Waals surface area contributed by atoms with Crippen LogP contribution in [0.2, 0.25) is 0 Å². The molecule has 1 aliphatic heterocycles. The molecule has 172 valence electrons. The van der Waals surface area contributed by atoms with Crippen molar-refractivity contribution in [3.8, 4) is 0 Å². The Morgan fingerprint density at radius 1 is 1.47 bits per heavy atom. The summed E-state index contributed by atoms with van der Waals surface area (Å²) in [4.78, 5) is 31.7. The van der Waals surface area contributed by atoms with Gasteiger partial charge in [-0.05, 0) is 6.08 Å². The number of hydrogen-bond acceptors (Lipinski definition) is 11. The molecule has 0 aromatic rings. The van der Waals surface area contributed by atoms with Gasteiger partial charge in [0.2, 0.25) is 6.30 Å². The van der Waals surface area contributed by atoms with E-state index in [1.54, 1.807) is 0 Å². The summed E-state index contributed by atoms with van der Waals surface area (Å²) in [5.41, 5.74) is 3.26. The first-order valence-corrected chi connectivity index (χ1v) is 11.9. The average molecular weight is 495 g/mol. The van der Waals surface area contributed by atoms with E-state index in [0.717, 1.165) is 24.3 Å². The largest absolute Gasteiger partial charge is 0.488 e. The quantitative estimate of drug-likeness (QED) is 0.142. The van der Waals surface area contributed by atoms with Crippen molar-refractivity contribution in [1.29, 1.82) is 0 Å². The van der Waals surface area contributed by atoms with Crippen LogP contribution in [0.3, 0.4) is 0 Å². The molecule has 1 aliphatic rings. The first kappa shape index (κ1) is 26.8. The number of aliphatic hydroxyl groups excluding tert-OH is 1. The molecule has 1 rings (SSSR count). The molecule has 30 heavy (non-hydrogen) atoms. The van der Waals surface area contributed by atoms with E-state index in [4.69, 9.17) is 20.3 Å². The Hall–Kier alpha value is -1.21. The van der Waals surface area contributed by atoms with Crippen LogP contribution in [0.25, 0.3) is 0 Å². The van der Waals surface area contributed by atoms with E-state index in [1.165, 1.54) is 6.08 Å². The van der Waals surface area contributed by atoms with E-state index in [0.29, 0.717) is 0 Å². The molecule has 18 heteroatoms. The second-order valence-corrected chi connectivity index (χ2v) is 9.55. The molecule has 4 unspecified atom stereocenters. The van der Waals surface area contributed by atoms with Gasteiger partial charge in [0.05, 0.1) is 6.61 Å². The van der Waals surface area contributed by atoms with Crippen LogP contribution in [0.4, 0.5) is 4.39 Å². The standard InChI is InChI=1S/C12H21FN3O11P3/c1-4-12(24-3,7-25-29(20,21)27-30(22,23)26-28(18)19)10(17)11(13)16-6-5-9(14)15-8(16)2/h4-6,10-11,17,28H,1-2,7H2,3H3,(H2,14,15)(H,18,19)(H,20,21)(H,22,23)/t10-,11-,12?/m0/s1. The smallest absolute Gasteiger partial charge is 0.385 e. The van der Waals surface area contributed by atoms with Crippen LogP contribution in [0.1, 0.15) is 0 Å². The lowest BCUT2D eigenvalue weighted by molar-refractivity contribution is -0.139. The lowest BCUT2D eigenvalue weighted by Crippen LogP contribution is -2.54. The third-order valence-corrected chi connectivity index (χ3v) is 7.22. The normalized spacial score (nSPS) is 23.5. The lowest BCUT2D eigenvalue weighted by atomic mass is 9.96. The van der Waals surface area contributed by atoms with Gasteiger partial charge in [-0.25, -0.2) is 22.8 Å². The number of aliphatic imine (C=N–C) groups is 1. The SMILES string of the molecule is C=CC(COP(=O)(O)OP(=O)(O)O[PH](=O)O)(OC)[C@@H](O)[C@@H](F)N1C=CC(N)=NC1=C. The summed E-state index contributed by atoms with van der Waals surface area (Å²) in [6.07, 6.45) is -1.24. The summed E-state index contributed by atoms with van der Waals surface area (Å²) < 4.78 is 65.5. The van der Waals surface area contributed by atoms with Gasteiger partial charge in [-0.1, -0.05) is 12.7 Å². The highest BCUT2D eigenvalue weighted by molar-refractivity contribution is 7.64. The molecular formula is C12H21FN3O11P3. The molecule has 0 bridgehead atoms. The van der Waals surface area contributed by atoms with Crippen molar-refractivity contribution in [2.75, 3.05) is 13.7 Å². The van der Waals surface area contributed by atoms with E-state index >= 15 is 0 Å². The number of phosphoric acid groups is 2. The summed E-state index contributed by atoms with van der Waals surface area (Å²) in [5.74, 6) is -0.146. The topological polar surface area (TPSA) is 211 Å². The van der Waals surface area contributed by atoms with Crippen molar-refractivity contribution in [2.45, 2.75) is 18.0 Å². The zero-order valence-electron chi connectivity index (χ0n) is 15.4. The number of methoxy groups -OCH3 is 1. The number of amidine groups is 1. The van der Waals surface area contributed by atoms with E-state index in [2.05, 4.69) is 31.3 Å². The van der Waals surface area contributed by atoms with Crippen LogP contribution in [0.5, 0.6) is 0 Å². The Labute approximate surface area is 170 Å². The maximum absolute atomic E-state index is 14.9. The fraction of sp³-hybridized carbons (Fsp3) is 0.417. The Bertz CT molecular complexity index is 853. The predicted molar refractivity (Wildman–Crippen MR) is 102 cm³/mol. The molecule has 0 aromatic carbocycles. The number of halogens is 1. The second-order valence-electron chi connectivity index (χ2n) is 5.51. The summed E-state index contributed by atoms with van der Waals surface area (Å²) in [7, 11) is -13.9. The van der Waals surface area contributed by atoms with Gasteiger partial charge in [-0.15, -0.1) is 6.58 Å². The summed E-state index contributed by atoms with van der Waals surface area (Å²) >= 11 is 0. The number of alkyl halides is 1. The Balaban J connectivity index is 2.98. The molecule has 0 aromatic heterocycles. The van der Waals surface area contributed by atoms with E-state index < -0.39 is 48.5 Å². The molecule has 0 saturated heterocycles. The lowest BCUT2D eigenvalue weighted by Gasteiger charge is -2.38. The van der Waals surface area contributed by atoms with Crippen LogP contribution in [-0.4, -0.2) is 62.2 Å². The van der Waals surface area contributed by atoms with Crippen molar-refractivity contribution < 1.29 is 55.8 Å². The minimum atomic E-state index is -5.46. The second kappa shape index (κ2) is 10.4. The molecule has 0 amide bonds. The molecule has 0 aliphatic carbocycles. The fourth-order valence-corrected chi connectivity index (χ4v) is 4.90. The maximum Gasteiger partial charge on any atom is 0.488 e. The molecule has 0 radical (unpaired) electrons. The molecular weight excluding hydrogens is 474 g/mol. The number of nitrogens with two attached hydrogens (primary N) is 1. The molecule has 0 spiro atoms. The van der Waals surface area contributed by atoms with Gasteiger partial charge >= 0.3 is 23.9 Å². The fourth-order valence-electron chi connectivity index (χ4n) is 2.08. The van der Waals surface area contributed by atoms with Crippen molar-refractivity contribution in [3.05, 3.63) is 37.3 Å². The van der Waals surface area contributed by atoms with Crippen molar-refractivity contribution in [2.24, 2.45) is 10.7 Å². The van der Waals surface area contributed by atoms with Crippen LogP contribution >= 0.6 is 23.9 Å². The molecule has 6 N–H and O–H groups in total. The number of phosphoric ester groups is 1. The van der Waals surface area contributed by atoms with Crippen molar-refractivity contribution in [3.63, 3.8) is 0 Å². The highest BCUT2D eigenvalue weighted by Crippen LogP contribution is 2.63. The first-order valence-electron chi connectivity index (χ1n) is 7.63. The van der Waals surface area contributed by atoms with Crippen LogP contribution < -0.4 is 5.73 Å². The number of rotatable bonds is 12. The van der Waals surface area contributed by atoms with Gasteiger partial charge in [0.25, 0.3) is 0 Å². The monoisotopic (exact) mass is 495 g/mol. The average Bonchev–Trinajstić information content (AvgIpc) is 2.60. The molecule has 14 nitrogen and oxygen atoms in total. The minimum Gasteiger partial charge on any atom is -0.385 e. The summed E-state index contributed by atoms with van der Waals surface area (Å²) in [6, 6.07) is 0. The zero-order chi connectivity index (χ0) is 23.3. The van der Waals surface area contributed by atoms with Crippen LogP contribution in [0, 0.1) is 0 Å². The Morgan fingerprint density at radius 3 is 2.53 bits per heavy atom. The van der Waals surface area contributed by atoms with Gasteiger partial charge in [-0.3, -0.25) is 9.09 Å². The Kier molecular flexibility index (Phi) is 9.30. The Morgan fingerprint density at radius 2 is 2.07 bits per heavy atom. The third kappa shape index (κ3) is 7.19. The minimum absolute atomic E-state index is 0.0301. The predicted octanol–water partition coefficient (Wildman–Crippen LogP) is 0.504. The highest BCUT2D eigenvalue weighted by atomic mass is 31.3. The van der Waals surface area contributed by atoms with Crippen LogP contribution in [0.15, 0.2) is 42.3 Å². The van der Waals surface area contributed by atoms with E-state index in [-0.39, 0.29) is 11.7 Å². The van der Waals surface area contributed by atoms with Crippen molar-refractivity contribution in [1.82, 2.24) is 4.90 Å².